The van der Waals surface area contributed by atoms with E-state index < -0.39 is 0 Å². The summed E-state index contributed by atoms with van der Waals surface area (Å²) in [6.07, 6.45) is 4.32. The molecule has 1 aromatic rings. The molecule has 104 valence electrons. The molecule has 0 aliphatic heterocycles. The Morgan fingerprint density at radius 3 is 2.79 bits per heavy atom. The van der Waals surface area contributed by atoms with E-state index >= 15 is 0 Å². The molecule has 0 spiro atoms. The largest absolute Gasteiger partial charge is 0.506 e. The third-order valence-electron chi connectivity index (χ3n) is 3.63. The lowest BCUT2D eigenvalue weighted by Crippen LogP contribution is -2.42. The van der Waals surface area contributed by atoms with E-state index in [9.17, 15) is 9.90 Å². The highest BCUT2D eigenvalue weighted by atomic mass is 35.5. The Bertz CT molecular complexity index is 465. The Labute approximate surface area is 122 Å². The quantitative estimate of drug-likeness (QED) is 0.839. The summed E-state index contributed by atoms with van der Waals surface area (Å²) < 4.78 is 0. The van der Waals surface area contributed by atoms with Crippen LogP contribution in [0.5, 0.6) is 5.75 Å². The minimum atomic E-state index is -0.163. The van der Waals surface area contributed by atoms with Crippen molar-refractivity contribution in [1.82, 2.24) is 5.32 Å². The number of rotatable bonds is 3. The lowest BCUT2D eigenvalue weighted by Gasteiger charge is -2.30. The van der Waals surface area contributed by atoms with E-state index in [1.807, 2.05) is 0 Å². The van der Waals surface area contributed by atoms with Crippen LogP contribution in [0.1, 0.15) is 36.0 Å². The number of carbonyl (C=O) groups excluding carboxylic acids is 1. The zero-order valence-electron chi connectivity index (χ0n) is 10.5. The minimum Gasteiger partial charge on any atom is -0.506 e. The van der Waals surface area contributed by atoms with Crippen LogP contribution in [-0.2, 0) is 0 Å². The van der Waals surface area contributed by atoms with Gasteiger partial charge in [0.1, 0.15) is 5.75 Å². The second-order valence-corrected chi connectivity index (χ2v) is 5.66. The van der Waals surface area contributed by atoms with Crippen molar-refractivity contribution in [3.05, 3.63) is 28.8 Å². The van der Waals surface area contributed by atoms with E-state index in [4.69, 9.17) is 23.2 Å². The number of nitrogens with one attached hydrogen (secondary N) is 1. The molecule has 0 radical (unpaired) electrons. The fourth-order valence-electron chi connectivity index (χ4n) is 2.48. The van der Waals surface area contributed by atoms with Crippen molar-refractivity contribution in [3.63, 3.8) is 0 Å². The molecule has 2 N–H and O–H groups in total. The van der Waals surface area contributed by atoms with E-state index in [2.05, 4.69) is 5.32 Å². The summed E-state index contributed by atoms with van der Waals surface area (Å²) in [4.78, 5) is 12.1. The Kier molecular flexibility index (Phi) is 4.94. The fraction of sp³-hybridized carbons (Fsp3) is 0.500. The predicted octanol–water partition coefficient (Wildman–Crippen LogP) is 3.57. The second kappa shape index (κ2) is 6.49. The summed E-state index contributed by atoms with van der Waals surface area (Å²) in [6, 6.07) is 4.60. The van der Waals surface area contributed by atoms with E-state index in [0.717, 1.165) is 19.3 Å². The lowest BCUT2D eigenvalue weighted by molar-refractivity contribution is 0.0911. The summed E-state index contributed by atoms with van der Waals surface area (Å²) in [5.74, 6) is 0.728. The van der Waals surface area contributed by atoms with Crippen LogP contribution in [0.2, 0.25) is 5.02 Å². The van der Waals surface area contributed by atoms with Gasteiger partial charge in [-0.2, -0.15) is 0 Å². The van der Waals surface area contributed by atoms with Gasteiger partial charge in [-0.25, -0.2) is 0 Å². The average molecular weight is 302 g/mol. The summed E-state index contributed by atoms with van der Waals surface area (Å²) >= 11 is 11.8. The summed E-state index contributed by atoms with van der Waals surface area (Å²) in [5, 5.41) is 12.6. The monoisotopic (exact) mass is 301 g/mol. The number of halogens is 2. The van der Waals surface area contributed by atoms with Crippen LogP contribution in [0.4, 0.5) is 0 Å². The van der Waals surface area contributed by atoms with Crippen molar-refractivity contribution in [2.45, 2.75) is 31.7 Å². The van der Waals surface area contributed by atoms with Crippen molar-refractivity contribution in [1.29, 1.82) is 0 Å². The highest BCUT2D eigenvalue weighted by Gasteiger charge is 2.26. The van der Waals surface area contributed by atoms with Gasteiger partial charge in [0.15, 0.2) is 0 Å². The number of amides is 1. The SMILES string of the molecule is O=C(NC1CCCCC1CCl)c1ccc(O)c(Cl)c1. The lowest BCUT2D eigenvalue weighted by atomic mass is 9.85. The van der Waals surface area contributed by atoms with Gasteiger partial charge in [0.2, 0.25) is 0 Å². The average Bonchev–Trinajstić information content (AvgIpc) is 2.42. The molecule has 2 unspecified atom stereocenters. The van der Waals surface area contributed by atoms with Crippen LogP contribution in [0.25, 0.3) is 0 Å². The molecule has 5 heteroatoms. The zero-order valence-corrected chi connectivity index (χ0v) is 12.0. The molecule has 0 heterocycles. The number of hydrogen-bond acceptors (Lipinski definition) is 2. The Hall–Kier alpha value is -0.930. The molecule has 2 rings (SSSR count). The molecule has 19 heavy (non-hydrogen) atoms. The minimum absolute atomic E-state index is 0.0190. The molecule has 1 aromatic carbocycles. The summed E-state index contributed by atoms with van der Waals surface area (Å²) in [5.41, 5.74) is 0.460. The molecule has 1 amide bonds. The molecule has 0 aromatic heterocycles. The highest BCUT2D eigenvalue weighted by Crippen LogP contribution is 2.27. The van der Waals surface area contributed by atoms with Gasteiger partial charge < -0.3 is 10.4 Å². The maximum atomic E-state index is 12.1. The molecule has 3 nitrogen and oxygen atoms in total. The van der Waals surface area contributed by atoms with Gasteiger partial charge in [0.25, 0.3) is 5.91 Å². The molecular formula is C14H17Cl2NO2. The maximum absolute atomic E-state index is 12.1. The van der Waals surface area contributed by atoms with Gasteiger partial charge in [-0.1, -0.05) is 24.4 Å². The Morgan fingerprint density at radius 2 is 2.11 bits per heavy atom. The third kappa shape index (κ3) is 3.54. The standard InChI is InChI=1S/C14H17Cl2NO2/c15-8-10-3-1-2-4-12(10)17-14(19)9-5-6-13(18)11(16)7-9/h5-7,10,12,18H,1-4,8H2,(H,17,19). The molecule has 0 bridgehead atoms. The predicted molar refractivity (Wildman–Crippen MR) is 77.0 cm³/mol. The summed E-state index contributed by atoms with van der Waals surface area (Å²) in [6.45, 7) is 0. The number of carbonyl (C=O) groups is 1. The first-order valence-electron chi connectivity index (χ1n) is 6.47. The van der Waals surface area contributed by atoms with Crippen LogP contribution in [0.3, 0.4) is 0 Å². The van der Waals surface area contributed by atoms with Crippen LogP contribution in [-0.4, -0.2) is 22.9 Å². The Morgan fingerprint density at radius 1 is 1.37 bits per heavy atom. The van der Waals surface area contributed by atoms with Crippen LogP contribution < -0.4 is 5.32 Å². The first kappa shape index (κ1) is 14.5. The highest BCUT2D eigenvalue weighted by molar-refractivity contribution is 6.32. The van der Waals surface area contributed by atoms with Gasteiger partial charge >= 0.3 is 0 Å². The molecule has 1 saturated carbocycles. The van der Waals surface area contributed by atoms with Crippen LogP contribution in [0, 0.1) is 5.92 Å². The molecular weight excluding hydrogens is 285 g/mol. The Balaban J connectivity index is 2.05. The molecule has 0 saturated heterocycles. The summed E-state index contributed by atoms with van der Waals surface area (Å²) in [7, 11) is 0. The number of phenolic OH excluding ortho intramolecular Hbond substituents is 1. The van der Waals surface area contributed by atoms with E-state index in [0.29, 0.717) is 17.4 Å². The molecule has 1 aliphatic carbocycles. The zero-order chi connectivity index (χ0) is 13.8. The van der Waals surface area contributed by atoms with Crippen LogP contribution >= 0.6 is 23.2 Å². The van der Waals surface area contributed by atoms with Crippen molar-refractivity contribution in [3.8, 4) is 5.75 Å². The third-order valence-corrected chi connectivity index (χ3v) is 4.33. The smallest absolute Gasteiger partial charge is 0.251 e. The van der Waals surface area contributed by atoms with Crippen molar-refractivity contribution >= 4 is 29.1 Å². The van der Waals surface area contributed by atoms with Crippen molar-refractivity contribution in [2.24, 2.45) is 5.92 Å². The normalized spacial score (nSPS) is 23.1. The van der Waals surface area contributed by atoms with Gasteiger partial charge in [0, 0.05) is 17.5 Å². The molecule has 2 atom stereocenters. The number of benzene rings is 1. The number of alkyl halides is 1. The van der Waals surface area contributed by atoms with E-state index in [1.54, 1.807) is 6.07 Å². The van der Waals surface area contributed by atoms with E-state index in [-0.39, 0.29) is 22.7 Å². The van der Waals surface area contributed by atoms with Gasteiger partial charge in [-0.15, -0.1) is 11.6 Å². The van der Waals surface area contributed by atoms with Gasteiger partial charge in [-0.05, 0) is 37.0 Å². The first-order chi connectivity index (χ1) is 9.11. The fourth-order valence-corrected chi connectivity index (χ4v) is 3.03. The number of phenols is 1. The van der Waals surface area contributed by atoms with Crippen molar-refractivity contribution in [2.75, 3.05) is 5.88 Å². The first-order valence-corrected chi connectivity index (χ1v) is 7.38. The number of aromatic hydroxyl groups is 1. The molecule has 1 aliphatic rings. The van der Waals surface area contributed by atoms with Gasteiger partial charge in [-0.3, -0.25) is 4.79 Å². The molecule has 1 fully saturated rings. The number of hydrogen-bond donors (Lipinski definition) is 2. The van der Waals surface area contributed by atoms with Gasteiger partial charge in [0.05, 0.1) is 5.02 Å². The van der Waals surface area contributed by atoms with Crippen LogP contribution in [0.15, 0.2) is 18.2 Å². The van der Waals surface area contributed by atoms with E-state index in [1.165, 1.54) is 18.6 Å². The van der Waals surface area contributed by atoms with Crippen molar-refractivity contribution < 1.29 is 9.90 Å². The second-order valence-electron chi connectivity index (χ2n) is 4.94. The topological polar surface area (TPSA) is 49.3 Å². The maximum Gasteiger partial charge on any atom is 0.251 e.